The number of ether oxygens (including phenoxy) is 2. The summed E-state index contributed by atoms with van der Waals surface area (Å²) in [6, 6.07) is 1.88. The number of unbranched alkanes of at least 4 members (excludes halogenated alkanes) is 8. The molecule has 1 amide bonds. The van der Waals surface area contributed by atoms with Crippen LogP contribution in [0.2, 0.25) is 0 Å². The van der Waals surface area contributed by atoms with Crippen LogP contribution in [-0.2, 0) is 30.5 Å². The second-order valence-corrected chi connectivity index (χ2v) is 9.06. The van der Waals surface area contributed by atoms with Crippen LogP contribution in [0.5, 0.6) is 0 Å². The molecule has 0 saturated heterocycles. The Morgan fingerprint density at radius 1 is 0.970 bits per heavy atom. The molecule has 33 heavy (non-hydrogen) atoms. The number of hydrogen-bond donors (Lipinski definition) is 1. The number of esters is 2. The van der Waals surface area contributed by atoms with Gasteiger partial charge in [0.05, 0.1) is 6.61 Å². The summed E-state index contributed by atoms with van der Waals surface area (Å²) in [5.41, 5.74) is -0.947. The van der Waals surface area contributed by atoms with Gasteiger partial charge in [-0.05, 0) is 25.8 Å². The molecule has 0 aliphatic rings. The third-order valence-corrected chi connectivity index (χ3v) is 6.19. The molecule has 0 aliphatic carbocycles. The number of thiophene rings is 1. The number of carbonyl (C=O) groups is 3. The van der Waals surface area contributed by atoms with Crippen LogP contribution in [0.3, 0.4) is 0 Å². The van der Waals surface area contributed by atoms with E-state index in [1.807, 2.05) is 11.4 Å². The SMILES string of the molecule is CCCCCCCCCCC#Cc1csc(COC(=O)C(CC)(NC(C)=O)C(=O)OCC)c1. The predicted molar refractivity (Wildman–Crippen MR) is 132 cm³/mol. The van der Waals surface area contributed by atoms with Gasteiger partial charge in [-0.15, -0.1) is 11.3 Å². The van der Waals surface area contributed by atoms with Gasteiger partial charge in [0.2, 0.25) is 11.4 Å². The summed E-state index contributed by atoms with van der Waals surface area (Å²) in [4.78, 5) is 37.6. The largest absolute Gasteiger partial charge is 0.464 e. The van der Waals surface area contributed by atoms with E-state index < -0.39 is 23.4 Å². The van der Waals surface area contributed by atoms with Gasteiger partial charge in [0.15, 0.2) is 0 Å². The minimum absolute atomic E-state index is 0.00392. The van der Waals surface area contributed by atoms with Gasteiger partial charge < -0.3 is 14.8 Å². The van der Waals surface area contributed by atoms with Crippen LogP contribution in [0.4, 0.5) is 0 Å². The maximum atomic E-state index is 12.7. The molecule has 0 saturated carbocycles. The molecule has 184 valence electrons. The Morgan fingerprint density at radius 2 is 1.61 bits per heavy atom. The molecule has 1 atom stereocenters. The standard InChI is InChI=1S/C26H39NO5S/c1-5-8-9-10-11-12-13-14-15-16-17-22-18-23(33-20-22)19-32-25(30)26(6-2,27-21(4)28)24(29)31-7-3/h18,20H,5-15,19H2,1-4H3,(H,27,28). The lowest BCUT2D eigenvalue weighted by Gasteiger charge is -2.28. The fourth-order valence-corrected chi connectivity index (χ4v) is 4.14. The average Bonchev–Trinajstić information content (AvgIpc) is 3.24. The predicted octanol–water partition coefficient (Wildman–Crippen LogP) is 5.52. The van der Waals surface area contributed by atoms with Gasteiger partial charge in [0.1, 0.15) is 6.61 Å². The van der Waals surface area contributed by atoms with Crippen molar-refractivity contribution in [3.05, 3.63) is 21.9 Å². The number of carbonyl (C=O) groups excluding carboxylic acids is 3. The Kier molecular flexibility index (Phi) is 14.2. The smallest absolute Gasteiger partial charge is 0.344 e. The van der Waals surface area contributed by atoms with Gasteiger partial charge in [-0.25, -0.2) is 9.59 Å². The van der Waals surface area contributed by atoms with Crippen LogP contribution in [0.15, 0.2) is 11.4 Å². The topological polar surface area (TPSA) is 81.7 Å². The van der Waals surface area contributed by atoms with Gasteiger partial charge in [-0.3, -0.25) is 4.79 Å². The molecule has 1 aromatic heterocycles. The molecule has 7 heteroatoms. The summed E-state index contributed by atoms with van der Waals surface area (Å²) in [7, 11) is 0. The average molecular weight is 478 g/mol. The minimum Gasteiger partial charge on any atom is -0.464 e. The zero-order valence-electron chi connectivity index (χ0n) is 20.6. The molecular weight excluding hydrogens is 438 g/mol. The minimum atomic E-state index is -1.84. The van der Waals surface area contributed by atoms with Gasteiger partial charge in [0.25, 0.3) is 0 Å². The Bertz CT molecular complexity index is 807. The van der Waals surface area contributed by atoms with E-state index in [4.69, 9.17) is 9.47 Å². The van der Waals surface area contributed by atoms with Crippen molar-refractivity contribution >= 4 is 29.2 Å². The van der Waals surface area contributed by atoms with Crippen LogP contribution in [0.1, 0.15) is 102 Å². The van der Waals surface area contributed by atoms with Crippen molar-refractivity contribution in [2.75, 3.05) is 6.61 Å². The van der Waals surface area contributed by atoms with Crippen molar-refractivity contribution in [2.24, 2.45) is 0 Å². The highest BCUT2D eigenvalue weighted by Gasteiger charge is 2.48. The first-order chi connectivity index (χ1) is 15.9. The molecule has 1 N–H and O–H groups in total. The summed E-state index contributed by atoms with van der Waals surface area (Å²) < 4.78 is 10.4. The molecule has 1 unspecified atom stereocenters. The number of rotatable bonds is 15. The van der Waals surface area contributed by atoms with Crippen LogP contribution in [0, 0.1) is 11.8 Å². The molecule has 0 radical (unpaired) electrons. The summed E-state index contributed by atoms with van der Waals surface area (Å²) in [5.74, 6) is 4.23. The highest BCUT2D eigenvalue weighted by Crippen LogP contribution is 2.20. The number of nitrogens with one attached hydrogen (secondary N) is 1. The van der Waals surface area contributed by atoms with Crippen molar-refractivity contribution < 1.29 is 23.9 Å². The molecule has 1 rings (SSSR count). The van der Waals surface area contributed by atoms with E-state index >= 15 is 0 Å². The molecule has 1 heterocycles. The van der Waals surface area contributed by atoms with Crippen LogP contribution < -0.4 is 5.32 Å². The fraction of sp³-hybridized carbons (Fsp3) is 0.654. The number of hydrogen-bond acceptors (Lipinski definition) is 6. The van der Waals surface area contributed by atoms with Gasteiger partial charge >= 0.3 is 11.9 Å². The Morgan fingerprint density at radius 3 is 2.21 bits per heavy atom. The monoisotopic (exact) mass is 477 g/mol. The highest BCUT2D eigenvalue weighted by atomic mass is 32.1. The van der Waals surface area contributed by atoms with E-state index in [0.29, 0.717) is 0 Å². The van der Waals surface area contributed by atoms with Crippen LogP contribution in [0.25, 0.3) is 0 Å². The quantitative estimate of drug-likeness (QED) is 0.156. The lowest BCUT2D eigenvalue weighted by Crippen LogP contribution is -2.60. The van der Waals surface area contributed by atoms with E-state index in [0.717, 1.165) is 23.3 Å². The Labute approximate surface area is 202 Å². The third kappa shape index (κ3) is 10.4. The molecular formula is C26H39NO5S. The summed E-state index contributed by atoms with van der Waals surface area (Å²) in [6.45, 7) is 6.84. The van der Waals surface area contributed by atoms with Crippen molar-refractivity contribution in [1.29, 1.82) is 0 Å². The van der Waals surface area contributed by atoms with Gasteiger partial charge in [-0.2, -0.15) is 0 Å². The van der Waals surface area contributed by atoms with Crippen molar-refractivity contribution in [2.45, 2.75) is 104 Å². The first-order valence-corrected chi connectivity index (χ1v) is 13.0. The van der Waals surface area contributed by atoms with E-state index in [1.54, 1.807) is 13.8 Å². The van der Waals surface area contributed by atoms with E-state index in [-0.39, 0.29) is 19.6 Å². The second-order valence-electron chi connectivity index (χ2n) is 8.07. The molecule has 6 nitrogen and oxygen atoms in total. The maximum absolute atomic E-state index is 12.7. The third-order valence-electron chi connectivity index (χ3n) is 5.28. The summed E-state index contributed by atoms with van der Waals surface area (Å²) in [6.07, 6.45) is 11.2. The number of amides is 1. The Hall–Kier alpha value is -2.33. The molecule has 0 bridgehead atoms. The van der Waals surface area contributed by atoms with Crippen molar-refractivity contribution in [3.63, 3.8) is 0 Å². The lowest BCUT2D eigenvalue weighted by atomic mass is 9.96. The van der Waals surface area contributed by atoms with Crippen LogP contribution in [-0.4, -0.2) is 30.0 Å². The molecule has 0 fully saturated rings. The lowest BCUT2D eigenvalue weighted by molar-refractivity contribution is -0.169. The first kappa shape index (κ1) is 28.7. The van der Waals surface area contributed by atoms with E-state index in [9.17, 15) is 14.4 Å². The zero-order chi connectivity index (χ0) is 24.5. The maximum Gasteiger partial charge on any atom is 0.344 e. The van der Waals surface area contributed by atoms with Crippen molar-refractivity contribution in [3.8, 4) is 11.8 Å². The summed E-state index contributed by atoms with van der Waals surface area (Å²) in [5, 5.41) is 4.35. The molecule has 0 aromatic carbocycles. The van der Waals surface area contributed by atoms with Gasteiger partial charge in [0, 0.05) is 29.2 Å². The second kappa shape index (κ2) is 16.3. The van der Waals surface area contributed by atoms with E-state index in [1.165, 1.54) is 63.2 Å². The Balaban J connectivity index is 2.51. The summed E-state index contributed by atoms with van der Waals surface area (Å²) >= 11 is 1.44. The molecule has 0 aliphatic heterocycles. The first-order valence-electron chi connectivity index (χ1n) is 12.1. The zero-order valence-corrected chi connectivity index (χ0v) is 21.4. The highest BCUT2D eigenvalue weighted by molar-refractivity contribution is 7.10. The van der Waals surface area contributed by atoms with E-state index in [2.05, 4.69) is 24.1 Å². The van der Waals surface area contributed by atoms with Crippen molar-refractivity contribution in [1.82, 2.24) is 5.32 Å². The van der Waals surface area contributed by atoms with Crippen LogP contribution >= 0.6 is 11.3 Å². The normalized spacial score (nSPS) is 12.2. The molecule has 1 aromatic rings. The van der Waals surface area contributed by atoms with Gasteiger partial charge in [-0.1, -0.05) is 70.6 Å². The fourth-order valence-electron chi connectivity index (χ4n) is 3.41. The molecule has 0 spiro atoms.